The first-order valence-corrected chi connectivity index (χ1v) is 5.26. The maximum absolute atomic E-state index is 11.0. The first-order valence-electron chi connectivity index (χ1n) is 5.26. The van der Waals surface area contributed by atoms with Crippen LogP contribution in [-0.4, -0.2) is 43.2 Å². The number of methoxy groups -OCH3 is 1. The lowest BCUT2D eigenvalue weighted by atomic mass is 9.99. The molecule has 0 bridgehead atoms. The Hall–Kier alpha value is -1.59. The topological polar surface area (TPSA) is 75.8 Å². The fraction of sp³-hybridized carbons (Fsp3) is 0.417. The predicted octanol–water partition coefficient (Wildman–Crippen LogP) is 0.710. The molecular formula is C12H18N2O3. The summed E-state index contributed by atoms with van der Waals surface area (Å²) in [5, 5.41) is 8.99. The molecule has 1 aromatic rings. The summed E-state index contributed by atoms with van der Waals surface area (Å²) < 4.78 is 5.06. The third-order valence-electron chi connectivity index (χ3n) is 2.64. The summed E-state index contributed by atoms with van der Waals surface area (Å²) in [5.41, 5.74) is 6.54. The minimum absolute atomic E-state index is 0.363. The van der Waals surface area contributed by atoms with E-state index in [0.29, 0.717) is 0 Å². The van der Waals surface area contributed by atoms with Crippen LogP contribution in [0.3, 0.4) is 0 Å². The van der Waals surface area contributed by atoms with E-state index in [1.807, 2.05) is 12.1 Å². The van der Waals surface area contributed by atoms with Gasteiger partial charge in [-0.15, -0.1) is 0 Å². The van der Waals surface area contributed by atoms with Crippen LogP contribution in [0, 0.1) is 0 Å². The third-order valence-corrected chi connectivity index (χ3v) is 2.64. The molecule has 17 heavy (non-hydrogen) atoms. The van der Waals surface area contributed by atoms with Gasteiger partial charge in [0.25, 0.3) is 0 Å². The Labute approximate surface area is 101 Å². The van der Waals surface area contributed by atoms with Crippen molar-refractivity contribution in [2.24, 2.45) is 5.73 Å². The zero-order chi connectivity index (χ0) is 13.0. The molecule has 0 spiro atoms. The van der Waals surface area contributed by atoms with Gasteiger partial charge in [-0.1, -0.05) is 12.1 Å². The number of benzene rings is 1. The van der Waals surface area contributed by atoms with Crippen molar-refractivity contribution >= 4 is 5.97 Å². The fourth-order valence-electron chi connectivity index (χ4n) is 1.76. The molecule has 0 aliphatic rings. The van der Waals surface area contributed by atoms with Crippen LogP contribution in [0.1, 0.15) is 11.6 Å². The Morgan fingerprint density at radius 1 is 1.35 bits per heavy atom. The van der Waals surface area contributed by atoms with E-state index in [2.05, 4.69) is 0 Å². The van der Waals surface area contributed by atoms with Crippen LogP contribution in [0.4, 0.5) is 0 Å². The Morgan fingerprint density at radius 2 is 1.88 bits per heavy atom. The first-order chi connectivity index (χ1) is 7.97. The molecular weight excluding hydrogens is 220 g/mol. The van der Waals surface area contributed by atoms with Crippen LogP contribution >= 0.6 is 0 Å². The number of nitrogens with zero attached hydrogens (tertiary/aromatic N) is 1. The average Bonchev–Trinajstić information content (AvgIpc) is 2.29. The molecule has 94 valence electrons. The molecule has 2 atom stereocenters. The van der Waals surface area contributed by atoms with Gasteiger partial charge in [-0.2, -0.15) is 0 Å². The fourth-order valence-corrected chi connectivity index (χ4v) is 1.76. The van der Waals surface area contributed by atoms with Gasteiger partial charge >= 0.3 is 5.97 Å². The number of likely N-dealkylation sites (N-methyl/N-ethyl adjacent to an activating group) is 1. The summed E-state index contributed by atoms with van der Waals surface area (Å²) in [7, 11) is 5.19. The molecule has 0 saturated heterocycles. The Morgan fingerprint density at radius 3 is 2.24 bits per heavy atom. The second-order valence-electron chi connectivity index (χ2n) is 4.05. The van der Waals surface area contributed by atoms with E-state index in [-0.39, 0.29) is 6.04 Å². The molecule has 1 rings (SSSR count). The van der Waals surface area contributed by atoms with Crippen LogP contribution in [0.15, 0.2) is 24.3 Å². The maximum Gasteiger partial charge on any atom is 0.322 e. The van der Waals surface area contributed by atoms with E-state index in [0.717, 1.165) is 11.3 Å². The van der Waals surface area contributed by atoms with Crippen LogP contribution < -0.4 is 10.5 Å². The third kappa shape index (κ3) is 3.18. The highest BCUT2D eigenvalue weighted by atomic mass is 16.5. The molecule has 0 aliphatic heterocycles. The van der Waals surface area contributed by atoms with Crippen LogP contribution in [0.2, 0.25) is 0 Å². The van der Waals surface area contributed by atoms with Crippen molar-refractivity contribution in [2.75, 3.05) is 21.2 Å². The highest BCUT2D eigenvalue weighted by Crippen LogP contribution is 2.23. The standard InChI is InChI=1S/C12H18N2O3/c1-14(2)11(10(13)12(15)16)8-4-6-9(17-3)7-5-8/h4-7,10-11H,13H2,1-3H3,(H,15,16). The van der Waals surface area contributed by atoms with Gasteiger partial charge in [-0.3, -0.25) is 4.79 Å². The maximum atomic E-state index is 11.0. The van der Waals surface area contributed by atoms with E-state index in [1.54, 1.807) is 38.2 Å². The number of carbonyl (C=O) groups is 1. The Kier molecular flexibility index (Phi) is 4.48. The van der Waals surface area contributed by atoms with Crippen LogP contribution in [0.25, 0.3) is 0 Å². The molecule has 5 heteroatoms. The van der Waals surface area contributed by atoms with Crippen LogP contribution in [-0.2, 0) is 4.79 Å². The highest BCUT2D eigenvalue weighted by Gasteiger charge is 2.27. The van der Waals surface area contributed by atoms with Gasteiger partial charge in [0.05, 0.1) is 13.2 Å². The van der Waals surface area contributed by atoms with Gasteiger partial charge < -0.3 is 20.5 Å². The molecule has 0 aromatic heterocycles. The lowest BCUT2D eigenvalue weighted by Gasteiger charge is -2.28. The van der Waals surface area contributed by atoms with Crippen molar-refractivity contribution in [3.63, 3.8) is 0 Å². The van der Waals surface area contributed by atoms with E-state index in [1.165, 1.54) is 0 Å². The predicted molar refractivity (Wildman–Crippen MR) is 65.0 cm³/mol. The van der Waals surface area contributed by atoms with E-state index in [4.69, 9.17) is 15.6 Å². The minimum Gasteiger partial charge on any atom is -0.497 e. The van der Waals surface area contributed by atoms with Gasteiger partial charge in [0.2, 0.25) is 0 Å². The lowest BCUT2D eigenvalue weighted by Crippen LogP contribution is -2.43. The number of carboxylic acid groups (broad SMARTS) is 1. The van der Waals surface area contributed by atoms with Crippen molar-refractivity contribution < 1.29 is 14.6 Å². The van der Waals surface area contributed by atoms with Crippen LogP contribution in [0.5, 0.6) is 5.75 Å². The summed E-state index contributed by atoms with van der Waals surface area (Å²) in [6.45, 7) is 0. The zero-order valence-corrected chi connectivity index (χ0v) is 10.3. The summed E-state index contributed by atoms with van der Waals surface area (Å²) in [6.07, 6.45) is 0. The number of carboxylic acids is 1. The van der Waals surface area contributed by atoms with E-state index >= 15 is 0 Å². The molecule has 0 aliphatic carbocycles. The molecule has 0 fully saturated rings. The highest BCUT2D eigenvalue weighted by molar-refractivity contribution is 5.74. The van der Waals surface area contributed by atoms with Gasteiger partial charge in [0, 0.05) is 0 Å². The Balaban J connectivity index is 3.01. The summed E-state index contributed by atoms with van der Waals surface area (Å²) >= 11 is 0. The minimum atomic E-state index is -1.01. The van der Waals surface area contributed by atoms with Gasteiger partial charge in [0.15, 0.2) is 0 Å². The Bertz CT molecular complexity index is 376. The van der Waals surface area contributed by atoms with Gasteiger partial charge in [0.1, 0.15) is 11.8 Å². The molecule has 1 aromatic carbocycles. The van der Waals surface area contributed by atoms with E-state index in [9.17, 15) is 4.79 Å². The van der Waals surface area contributed by atoms with Crippen molar-refractivity contribution in [1.82, 2.24) is 4.90 Å². The second kappa shape index (κ2) is 5.65. The molecule has 0 radical (unpaired) electrons. The van der Waals surface area contributed by atoms with Crippen molar-refractivity contribution in [3.05, 3.63) is 29.8 Å². The smallest absolute Gasteiger partial charge is 0.322 e. The number of ether oxygens (including phenoxy) is 1. The van der Waals surface area contributed by atoms with Crippen molar-refractivity contribution in [3.8, 4) is 5.75 Å². The quantitative estimate of drug-likeness (QED) is 0.790. The van der Waals surface area contributed by atoms with Crippen molar-refractivity contribution in [1.29, 1.82) is 0 Å². The number of rotatable bonds is 5. The zero-order valence-electron chi connectivity index (χ0n) is 10.3. The van der Waals surface area contributed by atoms with Crippen molar-refractivity contribution in [2.45, 2.75) is 12.1 Å². The average molecular weight is 238 g/mol. The first kappa shape index (κ1) is 13.5. The number of nitrogens with two attached hydrogens (primary N) is 1. The molecule has 0 amide bonds. The SMILES string of the molecule is COc1ccc(C(C(N)C(=O)O)N(C)C)cc1. The molecule has 5 nitrogen and oxygen atoms in total. The van der Waals surface area contributed by atoms with Gasteiger partial charge in [-0.05, 0) is 31.8 Å². The molecule has 0 heterocycles. The van der Waals surface area contributed by atoms with Gasteiger partial charge in [-0.25, -0.2) is 0 Å². The molecule has 0 saturated carbocycles. The summed E-state index contributed by atoms with van der Waals surface area (Å²) in [4.78, 5) is 12.8. The summed E-state index contributed by atoms with van der Waals surface area (Å²) in [6, 6.07) is 5.91. The normalized spacial score (nSPS) is 14.4. The van der Waals surface area contributed by atoms with E-state index < -0.39 is 12.0 Å². The lowest BCUT2D eigenvalue weighted by molar-refractivity contribution is -0.140. The summed E-state index contributed by atoms with van der Waals surface area (Å²) in [5.74, 6) is -0.283. The monoisotopic (exact) mass is 238 g/mol. The molecule has 2 unspecified atom stereocenters. The number of hydrogen-bond acceptors (Lipinski definition) is 4. The largest absolute Gasteiger partial charge is 0.497 e. The number of aliphatic carboxylic acids is 1. The number of hydrogen-bond donors (Lipinski definition) is 2. The second-order valence-corrected chi connectivity index (χ2v) is 4.05. The molecule has 3 N–H and O–H groups in total.